The Labute approximate surface area is 80.8 Å². The molecule has 0 aliphatic carbocycles. The number of carbonyl (C=O) groups is 1. The second-order valence-corrected chi connectivity index (χ2v) is 3.02. The number of halogens is 2. The van der Waals surface area contributed by atoms with Gasteiger partial charge in [-0.2, -0.15) is 0 Å². The van der Waals surface area contributed by atoms with Crippen molar-refractivity contribution in [2.45, 2.75) is 6.92 Å². The lowest BCUT2D eigenvalue weighted by Gasteiger charge is -2.00. The molecule has 0 heterocycles. The molecule has 0 saturated heterocycles. The van der Waals surface area contributed by atoms with Gasteiger partial charge in [0.25, 0.3) is 0 Å². The lowest BCUT2D eigenvalue weighted by atomic mass is 10.1. The molecule has 0 N–H and O–H groups in total. The second-order valence-electron chi connectivity index (χ2n) is 2.61. The van der Waals surface area contributed by atoms with E-state index in [0.717, 1.165) is 0 Å². The molecule has 0 saturated carbocycles. The van der Waals surface area contributed by atoms with E-state index in [4.69, 9.17) is 11.6 Å². The molecule has 13 heavy (non-hydrogen) atoms. The molecule has 0 aliphatic rings. The largest absolute Gasteiger partial charge is 0.299 e. The third-order valence-corrected chi connectivity index (χ3v) is 1.99. The highest BCUT2D eigenvalue weighted by Gasteiger charge is 2.01. The maximum atomic E-state index is 12.8. The molecule has 1 aromatic rings. The number of hydrogen-bond donors (Lipinski definition) is 0. The van der Waals surface area contributed by atoms with Crippen LogP contribution in [0, 0.1) is 12.7 Å². The van der Waals surface area contributed by atoms with Crippen LogP contribution in [-0.4, -0.2) is 6.29 Å². The molecule has 0 fully saturated rings. The summed E-state index contributed by atoms with van der Waals surface area (Å²) >= 11 is 5.74. The Morgan fingerprint density at radius 2 is 2.23 bits per heavy atom. The van der Waals surface area contributed by atoms with Crippen molar-refractivity contribution < 1.29 is 9.18 Å². The molecular weight excluding hydrogens is 191 g/mol. The van der Waals surface area contributed by atoms with Gasteiger partial charge in [0.2, 0.25) is 0 Å². The van der Waals surface area contributed by atoms with Crippen molar-refractivity contribution in [2.75, 3.05) is 0 Å². The Kier molecular flexibility index (Phi) is 3.20. The molecule has 0 atom stereocenters. The quantitative estimate of drug-likeness (QED) is 0.528. The first-order valence-electron chi connectivity index (χ1n) is 3.72. The number of allylic oxidation sites excluding steroid dienone is 1. The van der Waals surface area contributed by atoms with Gasteiger partial charge in [0, 0.05) is 0 Å². The Morgan fingerprint density at radius 1 is 1.54 bits per heavy atom. The molecule has 68 valence electrons. The van der Waals surface area contributed by atoms with Crippen molar-refractivity contribution in [1.29, 1.82) is 0 Å². The summed E-state index contributed by atoms with van der Waals surface area (Å²) in [7, 11) is 0. The predicted molar refractivity (Wildman–Crippen MR) is 51.0 cm³/mol. The Hall–Kier alpha value is -1.15. The molecule has 0 spiro atoms. The third-order valence-electron chi connectivity index (χ3n) is 1.65. The number of aldehydes is 1. The van der Waals surface area contributed by atoms with Crippen LogP contribution in [-0.2, 0) is 4.79 Å². The normalized spacial score (nSPS) is 11.5. The molecule has 1 nitrogen and oxygen atoms in total. The van der Waals surface area contributed by atoms with E-state index in [0.29, 0.717) is 22.4 Å². The van der Waals surface area contributed by atoms with Gasteiger partial charge in [0.05, 0.1) is 5.03 Å². The van der Waals surface area contributed by atoms with E-state index < -0.39 is 0 Å². The SMILES string of the molecule is Cc1cc(/C(Cl)=C/C=O)ccc1F. The number of carbonyl (C=O) groups excluding carboxylic acids is 1. The zero-order chi connectivity index (χ0) is 9.84. The van der Waals surface area contributed by atoms with Gasteiger partial charge in [0.1, 0.15) is 12.1 Å². The molecule has 0 radical (unpaired) electrons. The second kappa shape index (κ2) is 4.19. The summed E-state index contributed by atoms with van der Waals surface area (Å²) in [5.74, 6) is -0.278. The van der Waals surface area contributed by atoms with Crippen LogP contribution in [0.4, 0.5) is 4.39 Å². The first-order valence-corrected chi connectivity index (χ1v) is 4.10. The van der Waals surface area contributed by atoms with E-state index in [-0.39, 0.29) is 5.82 Å². The summed E-state index contributed by atoms with van der Waals surface area (Å²) in [6.45, 7) is 1.64. The minimum absolute atomic E-state index is 0.278. The smallest absolute Gasteiger partial charge is 0.144 e. The van der Waals surface area contributed by atoms with Gasteiger partial charge < -0.3 is 0 Å². The Balaban J connectivity index is 3.10. The van der Waals surface area contributed by atoms with Crippen molar-refractivity contribution in [3.63, 3.8) is 0 Å². The minimum Gasteiger partial charge on any atom is -0.299 e. The van der Waals surface area contributed by atoms with Gasteiger partial charge in [-0.3, -0.25) is 4.79 Å². The van der Waals surface area contributed by atoms with E-state index in [1.165, 1.54) is 18.2 Å². The van der Waals surface area contributed by atoms with Crippen molar-refractivity contribution in [3.8, 4) is 0 Å². The topological polar surface area (TPSA) is 17.1 Å². The fourth-order valence-corrected chi connectivity index (χ4v) is 1.12. The van der Waals surface area contributed by atoms with Crippen molar-refractivity contribution in [2.24, 2.45) is 0 Å². The zero-order valence-electron chi connectivity index (χ0n) is 7.05. The molecule has 0 bridgehead atoms. The predicted octanol–water partition coefficient (Wildman–Crippen LogP) is 2.91. The van der Waals surface area contributed by atoms with Crippen LogP contribution in [0.5, 0.6) is 0 Å². The number of hydrogen-bond acceptors (Lipinski definition) is 1. The van der Waals surface area contributed by atoms with E-state index in [1.807, 2.05) is 0 Å². The lowest BCUT2D eigenvalue weighted by Crippen LogP contribution is -1.85. The van der Waals surface area contributed by atoms with Gasteiger partial charge in [-0.25, -0.2) is 4.39 Å². The van der Waals surface area contributed by atoms with E-state index in [2.05, 4.69) is 0 Å². The van der Waals surface area contributed by atoms with Crippen molar-refractivity contribution in [3.05, 3.63) is 41.2 Å². The summed E-state index contributed by atoms with van der Waals surface area (Å²) < 4.78 is 12.8. The van der Waals surface area contributed by atoms with Crippen LogP contribution >= 0.6 is 11.6 Å². The summed E-state index contributed by atoms with van der Waals surface area (Å²) in [5, 5.41) is 0.318. The van der Waals surface area contributed by atoms with Crippen LogP contribution in [0.15, 0.2) is 24.3 Å². The Bertz CT molecular complexity index is 358. The summed E-state index contributed by atoms with van der Waals surface area (Å²) in [5.41, 5.74) is 1.16. The summed E-state index contributed by atoms with van der Waals surface area (Å²) in [6, 6.07) is 4.45. The molecule has 3 heteroatoms. The number of benzene rings is 1. The fraction of sp³-hybridized carbons (Fsp3) is 0.100. The first kappa shape index (κ1) is 9.93. The summed E-state index contributed by atoms with van der Waals surface area (Å²) in [4.78, 5) is 10.1. The molecule has 0 aliphatic heterocycles. The van der Waals surface area contributed by atoms with Gasteiger partial charge in [0.15, 0.2) is 0 Å². The highest BCUT2D eigenvalue weighted by molar-refractivity contribution is 6.49. The van der Waals surface area contributed by atoms with E-state index in [1.54, 1.807) is 13.0 Å². The van der Waals surface area contributed by atoms with Gasteiger partial charge in [-0.15, -0.1) is 0 Å². The molecule has 0 unspecified atom stereocenters. The number of aryl methyl sites for hydroxylation is 1. The van der Waals surface area contributed by atoms with Crippen LogP contribution in [0.3, 0.4) is 0 Å². The molecule has 1 rings (SSSR count). The van der Waals surface area contributed by atoms with Crippen LogP contribution in [0.25, 0.3) is 5.03 Å². The van der Waals surface area contributed by atoms with Crippen LogP contribution < -0.4 is 0 Å². The van der Waals surface area contributed by atoms with Crippen LogP contribution in [0.1, 0.15) is 11.1 Å². The Morgan fingerprint density at radius 3 is 2.77 bits per heavy atom. The monoisotopic (exact) mass is 198 g/mol. The molecule has 1 aromatic carbocycles. The van der Waals surface area contributed by atoms with Gasteiger partial charge in [-0.05, 0) is 36.3 Å². The highest BCUT2D eigenvalue weighted by Crippen LogP contribution is 2.20. The van der Waals surface area contributed by atoms with Gasteiger partial charge in [-0.1, -0.05) is 17.7 Å². The van der Waals surface area contributed by atoms with Crippen molar-refractivity contribution in [1.82, 2.24) is 0 Å². The number of rotatable bonds is 2. The van der Waals surface area contributed by atoms with Crippen molar-refractivity contribution >= 4 is 22.9 Å². The summed E-state index contributed by atoms with van der Waals surface area (Å²) in [6.07, 6.45) is 1.83. The molecule has 0 aromatic heterocycles. The fourth-order valence-electron chi connectivity index (χ4n) is 0.949. The van der Waals surface area contributed by atoms with Gasteiger partial charge >= 0.3 is 0 Å². The lowest BCUT2D eigenvalue weighted by molar-refractivity contribution is -0.104. The standard InChI is InChI=1S/C10H8ClFO/c1-7-6-8(2-3-10(7)12)9(11)4-5-13/h2-6H,1H3/b9-4-. The maximum Gasteiger partial charge on any atom is 0.144 e. The molecular formula is C10H8ClFO. The third kappa shape index (κ3) is 2.39. The highest BCUT2D eigenvalue weighted by atomic mass is 35.5. The first-order chi connectivity index (χ1) is 6.15. The maximum absolute atomic E-state index is 12.8. The van der Waals surface area contributed by atoms with E-state index in [9.17, 15) is 9.18 Å². The van der Waals surface area contributed by atoms with E-state index >= 15 is 0 Å². The average Bonchev–Trinajstić information content (AvgIpc) is 2.10. The minimum atomic E-state index is -0.278. The molecule has 0 amide bonds. The zero-order valence-corrected chi connectivity index (χ0v) is 7.81. The van der Waals surface area contributed by atoms with Crippen LogP contribution in [0.2, 0.25) is 0 Å². The average molecular weight is 199 g/mol.